The van der Waals surface area contributed by atoms with Crippen molar-refractivity contribution >= 4 is 12.0 Å². The summed E-state index contributed by atoms with van der Waals surface area (Å²) >= 11 is 0. The highest BCUT2D eigenvalue weighted by Gasteiger charge is 2.50. The first-order valence-electron chi connectivity index (χ1n) is 11.4. The maximum atomic E-state index is 12.8. The van der Waals surface area contributed by atoms with Gasteiger partial charge in [0.25, 0.3) is 0 Å². The first-order valence-corrected chi connectivity index (χ1v) is 11.4. The normalized spacial score (nSPS) is 25.4. The van der Waals surface area contributed by atoms with Crippen LogP contribution in [-0.2, 0) is 9.53 Å². The second-order valence-electron chi connectivity index (χ2n) is 9.38. The minimum absolute atomic E-state index is 0.0394. The molecule has 1 saturated carbocycles. The van der Waals surface area contributed by atoms with Crippen molar-refractivity contribution in [2.45, 2.75) is 104 Å². The Balaban J connectivity index is 2.27. The van der Waals surface area contributed by atoms with E-state index in [9.17, 15) is 14.7 Å². The van der Waals surface area contributed by atoms with E-state index in [0.717, 1.165) is 32.1 Å². The molecule has 1 saturated heterocycles. The lowest BCUT2D eigenvalue weighted by Crippen LogP contribution is -2.48. The van der Waals surface area contributed by atoms with Crippen molar-refractivity contribution < 1.29 is 19.4 Å². The van der Waals surface area contributed by atoms with Gasteiger partial charge in [0, 0.05) is 12.1 Å². The standard InChI is InChI=1S/C23H40N2O4/c1-6-7-13-24-21(26)18(16(2)3)15-20-19(14-17-11-9-8-10-12-17)25(22(27)28)23(4,5)29-20/h15-17,19-20H,6-14H2,1-5H3,(H,24,26)(H,27,28). The monoisotopic (exact) mass is 408 g/mol. The molecule has 6 nitrogen and oxygen atoms in total. The number of hydrogen-bond acceptors (Lipinski definition) is 3. The minimum Gasteiger partial charge on any atom is -0.465 e. The predicted octanol–water partition coefficient (Wildman–Crippen LogP) is 4.94. The van der Waals surface area contributed by atoms with Crippen LogP contribution in [0, 0.1) is 11.8 Å². The first kappa shape index (κ1) is 23.7. The van der Waals surface area contributed by atoms with E-state index in [1.807, 2.05) is 19.9 Å². The highest BCUT2D eigenvalue weighted by atomic mass is 16.6. The highest BCUT2D eigenvalue weighted by Crippen LogP contribution is 2.39. The molecule has 0 bridgehead atoms. The molecule has 29 heavy (non-hydrogen) atoms. The summed E-state index contributed by atoms with van der Waals surface area (Å²) in [4.78, 5) is 26.3. The fourth-order valence-corrected chi connectivity index (χ4v) is 4.72. The summed E-state index contributed by atoms with van der Waals surface area (Å²) in [6, 6.07) is -0.261. The van der Waals surface area contributed by atoms with E-state index < -0.39 is 17.9 Å². The Morgan fingerprint density at radius 1 is 1.24 bits per heavy atom. The van der Waals surface area contributed by atoms with Crippen molar-refractivity contribution in [3.8, 4) is 0 Å². The van der Waals surface area contributed by atoms with Crippen LogP contribution < -0.4 is 5.32 Å². The quantitative estimate of drug-likeness (QED) is 0.440. The zero-order valence-corrected chi connectivity index (χ0v) is 18.9. The summed E-state index contributed by atoms with van der Waals surface area (Å²) < 4.78 is 6.22. The molecule has 6 heteroatoms. The Kier molecular flexibility index (Phi) is 8.56. The maximum absolute atomic E-state index is 12.8. The van der Waals surface area contributed by atoms with Crippen molar-refractivity contribution in [1.29, 1.82) is 0 Å². The van der Waals surface area contributed by atoms with Gasteiger partial charge >= 0.3 is 6.09 Å². The molecule has 2 fully saturated rings. The highest BCUT2D eigenvalue weighted by molar-refractivity contribution is 5.93. The molecule has 2 amide bonds. The van der Waals surface area contributed by atoms with Gasteiger partial charge in [0.2, 0.25) is 5.91 Å². The van der Waals surface area contributed by atoms with E-state index >= 15 is 0 Å². The average molecular weight is 409 g/mol. The Labute approximate surface area is 176 Å². The van der Waals surface area contributed by atoms with Gasteiger partial charge in [0.05, 0.1) is 12.1 Å². The zero-order chi connectivity index (χ0) is 21.6. The van der Waals surface area contributed by atoms with Crippen LogP contribution in [0.2, 0.25) is 0 Å². The topological polar surface area (TPSA) is 78.9 Å². The van der Waals surface area contributed by atoms with Gasteiger partial charge in [-0.25, -0.2) is 4.79 Å². The Bertz CT molecular complexity index is 594. The van der Waals surface area contributed by atoms with Crippen molar-refractivity contribution in [1.82, 2.24) is 10.2 Å². The zero-order valence-electron chi connectivity index (χ0n) is 18.9. The van der Waals surface area contributed by atoms with Crippen molar-refractivity contribution in [3.05, 3.63) is 11.6 Å². The fourth-order valence-electron chi connectivity index (χ4n) is 4.72. The Morgan fingerprint density at radius 2 is 1.90 bits per heavy atom. The van der Waals surface area contributed by atoms with Gasteiger partial charge in [0.1, 0.15) is 5.72 Å². The second kappa shape index (κ2) is 10.5. The number of unbranched alkanes of at least 4 members (excludes halogenated alkanes) is 1. The van der Waals surface area contributed by atoms with Gasteiger partial charge in [-0.15, -0.1) is 0 Å². The van der Waals surface area contributed by atoms with E-state index in [-0.39, 0.29) is 17.9 Å². The molecule has 2 atom stereocenters. The van der Waals surface area contributed by atoms with E-state index in [1.165, 1.54) is 24.2 Å². The molecular weight excluding hydrogens is 368 g/mol. The molecule has 2 unspecified atom stereocenters. The molecule has 0 aromatic heterocycles. The summed E-state index contributed by atoms with van der Waals surface area (Å²) in [5.41, 5.74) is -0.226. The van der Waals surface area contributed by atoms with Crippen LogP contribution >= 0.6 is 0 Å². The van der Waals surface area contributed by atoms with Gasteiger partial charge in [-0.1, -0.05) is 59.3 Å². The van der Waals surface area contributed by atoms with E-state index in [1.54, 1.807) is 13.8 Å². The predicted molar refractivity (Wildman–Crippen MR) is 115 cm³/mol. The van der Waals surface area contributed by atoms with Gasteiger partial charge < -0.3 is 15.2 Å². The smallest absolute Gasteiger partial charge is 0.409 e. The largest absolute Gasteiger partial charge is 0.465 e. The van der Waals surface area contributed by atoms with Crippen LogP contribution in [0.4, 0.5) is 4.79 Å². The number of amides is 2. The third kappa shape index (κ3) is 6.21. The summed E-state index contributed by atoms with van der Waals surface area (Å²) in [7, 11) is 0. The van der Waals surface area contributed by atoms with E-state index in [2.05, 4.69) is 12.2 Å². The molecule has 1 aliphatic carbocycles. The molecule has 2 aliphatic rings. The minimum atomic E-state index is -0.954. The molecular formula is C23H40N2O4. The number of carbonyl (C=O) groups is 2. The number of carboxylic acid groups (broad SMARTS) is 1. The van der Waals surface area contributed by atoms with Crippen LogP contribution in [0.15, 0.2) is 11.6 Å². The lowest BCUT2D eigenvalue weighted by molar-refractivity contribution is -0.118. The third-order valence-electron chi connectivity index (χ3n) is 6.27. The number of nitrogens with zero attached hydrogens (tertiary/aromatic N) is 1. The lowest BCUT2D eigenvalue weighted by atomic mass is 9.83. The van der Waals surface area contributed by atoms with Crippen molar-refractivity contribution in [2.75, 3.05) is 6.54 Å². The van der Waals surface area contributed by atoms with Crippen LogP contribution in [0.25, 0.3) is 0 Å². The van der Waals surface area contributed by atoms with E-state index in [4.69, 9.17) is 4.74 Å². The van der Waals surface area contributed by atoms with Crippen LogP contribution in [0.5, 0.6) is 0 Å². The molecule has 0 radical (unpaired) electrons. The van der Waals surface area contributed by atoms with Crippen molar-refractivity contribution in [2.24, 2.45) is 11.8 Å². The number of hydrogen-bond donors (Lipinski definition) is 2. The number of carbonyl (C=O) groups excluding carboxylic acids is 1. The fraction of sp³-hybridized carbons (Fsp3) is 0.826. The van der Waals surface area contributed by atoms with E-state index in [0.29, 0.717) is 18.0 Å². The van der Waals surface area contributed by atoms with Crippen LogP contribution in [0.3, 0.4) is 0 Å². The SMILES string of the molecule is CCCCNC(=O)C(=CC1OC(C)(C)N(C(=O)O)C1CC1CCCCC1)C(C)C. The Morgan fingerprint density at radius 3 is 2.45 bits per heavy atom. The lowest BCUT2D eigenvalue weighted by Gasteiger charge is -2.33. The molecule has 1 aliphatic heterocycles. The second-order valence-corrected chi connectivity index (χ2v) is 9.38. The number of ether oxygens (including phenoxy) is 1. The van der Waals surface area contributed by atoms with Gasteiger partial charge in [0.15, 0.2) is 0 Å². The maximum Gasteiger partial charge on any atom is 0.409 e. The first-order chi connectivity index (χ1) is 13.7. The molecule has 0 aromatic carbocycles. The Hall–Kier alpha value is -1.56. The molecule has 2 N–H and O–H groups in total. The summed E-state index contributed by atoms with van der Waals surface area (Å²) in [5, 5.41) is 12.9. The van der Waals surface area contributed by atoms with Crippen molar-refractivity contribution in [3.63, 3.8) is 0 Å². The van der Waals surface area contributed by atoms with Crippen LogP contribution in [0.1, 0.15) is 86.0 Å². The molecule has 2 rings (SSSR count). The summed E-state index contributed by atoms with van der Waals surface area (Å²) in [6.07, 6.45) is 9.29. The van der Waals surface area contributed by atoms with Gasteiger partial charge in [-0.2, -0.15) is 0 Å². The summed E-state index contributed by atoms with van der Waals surface area (Å²) in [5.74, 6) is 0.488. The number of rotatable bonds is 8. The molecule has 0 spiro atoms. The third-order valence-corrected chi connectivity index (χ3v) is 6.27. The van der Waals surface area contributed by atoms with Gasteiger partial charge in [-0.05, 0) is 44.6 Å². The molecule has 166 valence electrons. The molecule has 0 aromatic rings. The van der Waals surface area contributed by atoms with Crippen LogP contribution in [-0.4, -0.2) is 46.4 Å². The number of nitrogens with one attached hydrogen (secondary N) is 1. The molecule has 1 heterocycles. The van der Waals surface area contributed by atoms with Gasteiger partial charge in [-0.3, -0.25) is 9.69 Å². The summed E-state index contributed by atoms with van der Waals surface area (Å²) in [6.45, 7) is 10.4. The average Bonchev–Trinajstić information content (AvgIpc) is 2.89.